The molecular weight excluding hydrogens is 461 g/mol. The van der Waals surface area contributed by atoms with Gasteiger partial charge >= 0.3 is 12.1 Å². The van der Waals surface area contributed by atoms with Gasteiger partial charge in [0.2, 0.25) is 4.84 Å². The lowest BCUT2D eigenvalue weighted by molar-refractivity contribution is -0.135. The second kappa shape index (κ2) is 9.71. The lowest BCUT2D eigenvalue weighted by Gasteiger charge is -2.14. The first-order valence-corrected chi connectivity index (χ1v) is 10.1. The summed E-state index contributed by atoms with van der Waals surface area (Å²) >= 11 is 9.56. The van der Waals surface area contributed by atoms with Gasteiger partial charge in [-0.3, -0.25) is 5.10 Å². The second-order valence-electron chi connectivity index (χ2n) is 6.53. The number of carboxylic acid groups (broad SMARTS) is 2. The van der Waals surface area contributed by atoms with Gasteiger partial charge in [-0.15, -0.1) is 0 Å². The van der Waals surface area contributed by atoms with Crippen LogP contribution in [-0.4, -0.2) is 63.7 Å². The Labute approximate surface area is 191 Å². The zero-order chi connectivity index (χ0) is 23.4. The maximum absolute atomic E-state index is 11.2. The number of carbonyl (C=O) groups is 2. The Morgan fingerprint density at radius 1 is 1.22 bits per heavy atom. The van der Waals surface area contributed by atoms with Crippen LogP contribution >= 0.6 is 23.2 Å². The molecule has 11 nitrogen and oxygen atoms in total. The van der Waals surface area contributed by atoms with Crippen LogP contribution in [0.5, 0.6) is 0 Å². The highest BCUT2D eigenvalue weighted by Crippen LogP contribution is 2.29. The zero-order valence-electron chi connectivity index (χ0n) is 16.7. The smallest absolute Gasteiger partial charge is 0.407 e. The first-order valence-electron chi connectivity index (χ1n) is 9.28. The SMILES string of the molecule is CCN(Cc1nc2c(N)nc3cc(-c4cc[nH]n4)ccc3c2[nH]1)C(=O)O.O=C(O)C(Cl)Cl. The number of hydrogen-bond donors (Lipinski definition) is 5. The number of nitrogens with zero attached hydrogens (tertiary/aromatic N) is 4. The molecule has 1 aromatic carbocycles. The topological polar surface area (TPSA) is 174 Å². The molecule has 3 heterocycles. The molecule has 168 valence electrons. The highest BCUT2D eigenvalue weighted by atomic mass is 35.5. The van der Waals surface area contributed by atoms with E-state index in [-0.39, 0.29) is 6.54 Å². The Morgan fingerprint density at radius 2 is 1.94 bits per heavy atom. The zero-order valence-corrected chi connectivity index (χ0v) is 18.2. The number of amides is 1. The molecule has 32 heavy (non-hydrogen) atoms. The number of rotatable bonds is 5. The molecule has 0 saturated heterocycles. The van der Waals surface area contributed by atoms with E-state index in [2.05, 4.69) is 25.1 Å². The average molecular weight is 480 g/mol. The number of imidazole rings is 1. The fraction of sp³-hybridized carbons (Fsp3) is 0.211. The van der Waals surface area contributed by atoms with Gasteiger partial charge in [0.25, 0.3) is 0 Å². The van der Waals surface area contributed by atoms with E-state index in [1.807, 2.05) is 24.3 Å². The van der Waals surface area contributed by atoms with Gasteiger partial charge in [0.05, 0.1) is 23.3 Å². The summed E-state index contributed by atoms with van der Waals surface area (Å²) in [5, 5.41) is 24.8. The molecule has 0 aliphatic rings. The van der Waals surface area contributed by atoms with Gasteiger partial charge in [0.15, 0.2) is 5.82 Å². The number of nitrogens with one attached hydrogen (secondary N) is 2. The van der Waals surface area contributed by atoms with E-state index in [9.17, 15) is 14.7 Å². The van der Waals surface area contributed by atoms with Crippen LogP contribution in [-0.2, 0) is 11.3 Å². The molecule has 4 aromatic rings. The molecule has 13 heteroatoms. The van der Waals surface area contributed by atoms with E-state index in [1.165, 1.54) is 4.90 Å². The van der Waals surface area contributed by atoms with Crippen molar-refractivity contribution in [3.05, 3.63) is 36.3 Å². The van der Waals surface area contributed by atoms with Gasteiger partial charge in [-0.1, -0.05) is 29.3 Å². The van der Waals surface area contributed by atoms with Gasteiger partial charge in [0.1, 0.15) is 11.3 Å². The Hall–Kier alpha value is -3.57. The van der Waals surface area contributed by atoms with Crippen LogP contribution in [0.3, 0.4) is 0 Å². The van der Waals surface area contributed by atoms with Crippen LogP contribution < -0.4 is 5.73 Å². The van der Waals surface area contributed by atoms with Gasteiger partial charge < -0.3 is 25.8 Å². The Bertz CT molecular complexity index is 1260. The van der Waals surface area contributed by atoms with Crippen molar-refractivity contribution in [1.29, 1.82) is 0 Å². The van der Waals surface area contributed by atoms with Gasteiger partial charge in [0, 0.05) is 23.7 Å². The van der Waals surface area contributed by atoms with Crippen molar-refractivity contribution in [1.82, 2.24) is 30.0 Å². The summed E-state index contributed by atoms with van der Waals surface area (Å²) in [6.45, 7) is 2.30. The Morgan fingerprint density at radius 3 is 2.50 bits per heavy atom. The lowest BCUT2D eigenvalue weighted by atomic mass is 10.1. The van der Waals surface area contributed by atoms with Crippen molar-refractivity contribution < 1.29 is 19.8 Å². The monoisotopic (exact) mass is 479 g/mol. The summed E-state index contributed by atoms with van der Waals surface area (Å²) in [4.78, 5) is 32.7. The molecule has 0 radical (unpaired) electrons. The van der Waals surface area contributed by atoms with E-state index in [4.69, 9.17) is 34.0 Å². The van der Waals surface area contributed by atoms with E-state index >= 15 is 0 Å². The number of carboxylic acids is 1. The number of anilines is 1. The summed E-state index contributed by atoms with van der Waals surface area (Å²) in [6, 6.07) is 7.68. The van der Waals surface area contributed by atoms with Crippen molar-refractivity contribution in [2.45, 2.75) is 18.3 Å². The third kappa shape index (κ3) is 5.01. The lowest BCUT2D eigenvalue weighted by Crippen LogP contribution is -2.28. The van der Waals surface area contributed by atoms with Crippen LogP contribution in [0.25, 0.3) is 33.2 Å². The first kappa shape index (κ1) is 23.1. The van der Waals surface area contributed by atoms with Crippen LogP contribution in [0.15, 0.2) is 30.5 Å². The van der Waals surface area contributed by atoms with E-state index in [1.54, 1.807) is 13.1 Å². The largest absolute Gasteiger partial charge is 0.479 e. The standard InChI is InChI=1S/C17H17N7O2.C2H2Cl2O2/c1-2-24(17(25)26)8-13-21-14-10-4-3-9(11-5-6-19-23-11)7-12(10)20-16(18)15(14)22-13;3-1(4)2(5)6/h3-7H,2,8H2,1H3,(H2,18,20)(H,19,23)(H,21,22)(H,25,26);1H,(H,5,6). The third-order valence-corrected chi connectivity index (χ3v) is 4.85. The molecule has 0 fully saturated rings. The fourth-order valence-corrected chi connectivity index (χ4v) is 2.97. The van der Waals surface area contributed by atoms with Crippen molar-refractivity contribution in [2.75, 3.05) is 12.3 Å². The maximum Gasteiger partial charge on any atom is 0.407 e. The molecule has 0 spiro atoms. The van der Waals surface area contributed by atoms with Crippen LogP contribution in [0, 0.1) is 0 Å². The van der Waals surface area contributed by atoms with E-state index < -0.39 is 16.9 Å². The first-order chi connectivity index (χ1) is 15.2. The summed E-state index contributed by atoms with van der Waals surface area (Å²) in [6.07, 6.45) is 0.765. The number of aliphatic carboxylic acids is 1. The molecule has 1 amide bonds. The predicted octanol–water partition coefficient (Wildman–Crippen LogP) is 3.46. The normalized spacial score (nSPS) is 10.9. The number of nitrogen functional groups attached to an aromatic ring is 1. The summed E-state index contributed by atoms with van der Waals surface area (Å²) in [7, 11) is 0. The van der Waals surface area contributed by atoms with Crippen LogP contribution in [0.1, 0.15) is 12.7 Å². The number of aromatic nitrogens is 5. The maximum atomic E-state index is 11.2. The minimum atomic E-state index is -1.29. The number of halogens is 2. The summed E-state index contributed by atoms with van der Waals surface area (Å²) in [5.41, 5.74) is 9.83. The molecule has 0 atom stereocenters. The molecule has 0 aliphatic heterocycles. The molecule has 0 unspecified atom stereocenters. The molecule has 6 N–H and O–H groups in total. The van der Waals surface area contributed by atoms with Crippen molar-refractivity contribution in [3.8, 4) is 11.3 Å². The Kier molecular flexibility index (Phi) is 7.01. The summed E-state index contributed by atoms with van der Waals surface area (Å²) in [5.74, 6) is -0.382. The predicted molar refractivity (Wildman–Crippen MR) is 121 cm³/mol. The van der Waals surface area contributed by atoms with Crippen molar-refractivity contribution >= 4 is 63.0 Å². The highest BCUT2D eigenvalue weighted by Gasteiger charge is 2.16. The fourth-order valence-electron chi connectivity index (χ4n) is 2.97. The molecule has 4 rings (SSSR count). The van der Waals surface area contributed by atoms with E-state index in [0.29, 0.717) is 23.7 Å². The van der Waals surface area contributed by atoms with Crippen molar-refractivity contribution in [3.63, 3.8) is 0 Å². The molecular formula is C19H19Cl2N7O4. The number of fused-ring (bicyclic) bond motifs is 3. The minimum Gasteiger partial charge on any atom is -0.479 e. The minimum absolute atomic E-state index is 0.160. The van der Waals surface area contributed by atoms with Gasteiger partial charge in [-0.05, 0) is 25.1 Å². The number of hydrogen-bond acceptors (Lipinski definition) is 6. The second-order valence-corrected chi connectivity index (χ2v) is 7.63. The van der Waals surface area contributed by atoms with Gasteiger partial charge in [-0.25, -0.2) is 19.6 Å². The summed E-state index contributed by atoms with van der Waals surface area (Å²) < 4.78 is 0. The Balaban J connectivity index is 0.000000427. The molecule has 0 aliphatic carbocycles. The van der Waals surface area contributed by atoms with Crippen LogP contribution in [0.4, 0.5) is 10.6 Å². The number of H-pyrrole nitrogens is 2. The molecule has 0 bridgehead atoms. The van der Waals surface area contributed by atoms with Crippen molar-refractivity contribution in [2.24, 2.45) is 0 Å². The van der Waals surface area contributed by atoms with E-state index in [0.717, 1.165) is 27.7 Å². The highest BCUT2D eigenvalue weighted by molar-refractivity contribution is 6.52. The van der Waals surface area contributed by atoms with Gasteiger partial charge in [-0.2, -0.15) is 5.10 Å². The number of alkyl halides is 2. The number of pyridine rings is 1. The third-order valence-electron chi connectivity index (χ3n) is 4.48. The molecule has 0 saturated carbocycles. The number of aromatic amines is 2. The quantitative estimate of drug-likeness (QED) is 0.270. The number of nitrogens with two attached hydrogens (primary N) is 1. The number of benzene rings is 1. The average Bonchev–Trinajstić information content (AvgIpc) is 3.42. The molecule has 3 aromatic heterocycles. The van der Waals surface area contributed by atoms with Crippen LogP contribution in [0.2, 0.25) is 0 Å².